The van der Waals surface area contributed by atoms with Gasteiger partial charge in [0.25, 0.3) is 0 Å². The summed E-state index contributed by atoms with van der Waals surface area (Å²) in [5.41, 5.74) is 2.36. The first-order chi connectivity index (χ1) is 11.0. The van der Waals surface area contributed by atoms with E-state index in [-0.39, 0.29) is 18.2 Å². The lowest BCUT2D eigenvalue weighted by atomic mass is 10.1. The van der Waals surface area contributed by atoms with E-state index in [0.29, 0.717) is 30.2 Å². The summed E-state index contributed by atoms with van der Waals surface area (Å²) in [5.74, 6) is 0.999. The minimum atomic E-state index is -0.755. The van der Waals surface area contributed by atoms with E-state index < -0.39 is 6.10 Å². The largest absolute Gasteiger partial charge is 0.497 e. The maximum Gasteiger partial charge on any atom is 0.124 e. The van der Waals surface area contributed by atoms with Crippen LogP contribution in [0.15, 0.2) is 36.4 Å². The quantitative estimate of drug-likeness (QED) is 0.799. The van der Waals surface area contributed by atoms with Gasteiger partial charge in [0.1, 0.15) is 17.3 Å². The number of aliphatic hydroxyl groups excluding tert-OH is 1. The van der Waals surface area contributed by atoms with Crippen LogP contribution < -0.4 is 14.8 Å². The third kappa shape index (κ3) is 5.37. The summed E-state index contributed by atoms with van der Waals surface area (Å²) in [7, 11) is 3.13. The van der Waals surface area contributed by atoms with Crippen LogP contribution in [0.5, 0.6) is 11.5 Å². The number of aryl methyl sites for hydroxylation is 1. The molecule has 1 unspecified atom stereocenters. The molecule has 0 aliphatic rings. The fourth-order valence-electron chi connectivity index (χ4n) is 2.48. The van der Waals surface area contributed by atoms with E-state index in [1.165, 1.54) is 12.1 Å². The average molecular weight is 356 g/mol. The van der Waals surface area contributed by atoms with E-state index in [1.807, 2.05) is 13.0 Å². The Morgan fingerprint density at radius 3 is 2.50 bits per heavy atom. The van der Waals surface area contributed by atoms with E-state index in [2.05, 4.69) is 5.32 Å². The summed E-state index contributed by atoms with van der Waals surface area (Å²) in [5, 5.41) is 13.5. The number of hydrogen-bond acceptors (Lipinski definition) is 4. The number of ether oxygens (including phenoxy) is 2. The Labute approximate surface area is 148 Å². The minimum absolute atomic E-state index is 0. The van der Waals surface area contributed by atoms with Crippen LogP contribution in [0.1, 0.15) is 22.8 Å². The van der Waals surface area contributed by atoms with Gasteiger partial charge in [-0.05, 0) is 48.4 Å². The predicted molar refractivity (Wildman–Crippen MR) is 94.6 cm³/mol. The van der Waals surface area contributed by atoms with E-state index >= 15 is 0 Å². The molecule has 132 valence electrons. The topological polar surface area (TPSA) is 50.7 Å². The third-order valence-electron chi connectivity index (χ3n) is 3.56. The second-order valence-corrected chi connectivity index (χ2v) is 5.39. The van der Waals surface area contributed by atoms with Crippen molar-refractivity contribution in [1.29, 1.82) is 0 Å². The highest BCUT2D eigenvalue weighted by Gasteiger charge is 2.14. The molecule has 0 radical (unpaired) electrons. The Hall–Kier alpha value is -1.82. The molecule has 0 amide bonds. The lowest BCUT2D eigenvalue weighted by Crippen LogP contribution is -2.21. The molecular weight excluding hydrogens is 333 g/mol. The standard InChI is InChI=1S/C18H22FNO3.ClH/c1-12-6-13(8-14(19)7-12)10-20-11-17(21)16-9-15(22-2)4-5-18(16)23-3;/h4-9,17,20-21H,10-11H2,1-3H3;1H. The Morgan fingerprint density at radius 1 is 1.12 bits per heavy atom. The second kappa shape index (κ2) is 9.47. The summed E-state index contributed by atoms with van der Waals surface area (Å²) in [6.45, 7) is 2.64. The van der Waals surface area contributed by atoms with Gasteiger partial charge in [-0.15, -0.1) is 12.4 Å². The number of methoxy groups -OCH3 is 2. The highest BCUT2D eigenvalue weighted by molar-refractivity contribution is 5.85. The second-order valence-electron chi connectivity index (χ2n) is 5.39. The zero-order valence-electron chi connectivity index (χ0n) is 14.0. The molecule has 1 atom stereocenters. The molecule has 0 bridgehead atoms. The SMILES string of the molecule is COc1ccc(OC)c(C(O)CNCc2cc(C)cc(F)c2)c1.Cl. The van der Waals surface area contributed by atoms with Crippen molar-refractivity contribution < 1.29 is 19.0 Å². The first-order valence-corrected chi connectivity index (χ1v) is 7.40. The molecule has 0 heterocycles. The molecule has 0 spiro atoms. The van der Waals surface area contributed by atoms with E-state index in [1.54, 1.807) is 32.4 Å². The zero-order chi connectivity index (χ0) is 16.8. The zero-order valence-corrected chi connectivity index (χ0v) is 14.8. The highest BCUT2D eigenvalue weighted by atomic mass is 35.5. The van der Waals surface area contributed by atoms with Crippen molar-refractivity contribution in [3.8, 4) is 11.5 Å². The van der Waals surface area contributed by atoms with Crippen molar-refractivity contribution in [3.63, 3.8) is 0 Å². The van der Waals surface area contributed by atoms with Crippen LogP contribution in [-0.4, -0.2) is 25.9 Å². The van der Waals surface area contributed by atoms with Gasteiger partial charge in [-0.2, -0.15) is 0 Å². The van der Waals surface area contributed by atoms with E-state index in [9.17, 15) is 9.50 Å². The third-order valence-corrected chi connectivity index (χ3v) is 3.56. The number of hydrogen-bond donors (Lipinski definition) is 2. The van der Waals surface area contributed by atoms with Crippen LogP contribution in [0.4, 0.5) is 4.39 Å². The molecule has 2 N–H and O–H groups in total. The fraction of sp³-hybridized carbons (Fsp3) is 0.333. The molecule has 0 aliphatic heterocycles. The fourth-order valence-corrected chi connectivity index (χ4v) is 2.48. The summed E-state index contributed by atoms with van der Waals surface area (Å²) >= 11 is 0. The molecule has 24 heavy (non-hydrogen) atoms. The van der Waals surface area contributed by atoms with Gasteiger partial charge in [-0.25, -0.2) is 4.39 Å². The molecule has 2 aromatic rings. The Balaban J connectivity index is 0.00000288. The average Bonchev–Trinajstić information content (AvgIpc) is 2.53. The smallest absolute Gasteiger partial charge is 0.124 e. The van der Waals surface area contributed by atoms with Crippen LogP contribution >= 0.6 is 12.4 Å². The van der Waals surface area contributed by atoms with E-state index in [0.717, 1.165) is 11.1 Å². The number of nitrogens with one attached hydrogen (secondary N) is 1. The van der Waals surface area contributed by atoms with Gasteiger partial charge in [0.05, 0.1) is 20.3 Å². The number of benzene rings is 2. The van der Waals surface area contributed by atoms with Crippen LogP contribution in [0.2, 0.25) is 0 Å². The van der Waals surface area contributed by atoms with Crippen molar-refractivity contribution in [3.05, 3.63) is 58.9 Å². The number of rotatable bonds is 7. The molecule has 0 saturated carbocycles. The van der Waals surface area contributed by atoms with Gasteiger partial charge in [0.15, 0.2) is 0 Å². The van der Waals surface area contributed by atoms with Crippen LogP contribution in [0, 0.1) is 12.7 Å². The lowest BCUT2D eigenvalue weighted by Gasteiger charge is -2.16. The van der Waals surface area contributed by atoms with Crippen LogP contribution in [-0.2, 0) is 6.54 Å². The molecule has 0 aliphatic carbocycles. The van der Waals surface area contributed by atoms with Gasteiger partial charge in [0.2, 0.25) is 0 Å². The molecule has 0 saturated heterocycles. The van der Waals surface area contributed by atoms with Crippen LogP contribution in [0.25, 0.3) is 0 Å². The molecule has 0 fully saturated rings. The van der Waals surface area contributed by atoms with Crippen molar-refractivity contribution in [2.45, 2.75) is 19.6 Å². The Bertz CT molecular complexity index is 646. The predicted octanol–water partition coefficient (Wildman–Crippen LogP) is 3.40. The van der Waals surface area contributed by atoms with Crippen molar-refractivity contribution in [1.82, 2.24) is 5.32 Å². The molecule has 6 heteroatoms. The maximum atomic E-state index is 13.4. The molecule has 4 nitrogen and oxygen atoms in total. The highest BCUT2D eigenvalue weighted by Crippen LogP contribution is 2.29. The van der Waals surface area contributed by atoms with Gasteiger partial charge >= 0.3 is 0 Å². The number of aliphatic hydroxyl groups is 1. The summed E-state index contributed by atoms with van der Waals surface area (Å²) in [4.78, 5) is 0. The van der Waals surface area contributed by atoms with Gasteiger partial charge < -0.3 is 19.9 Å². The molecular formula is C18H23ClFNO3. The molecule has 2 rings (SSSR count). The Kier molecular flexibility index (Phi) is 7.98. The Morgan fingerprint density at radius 2 is 1.88 bits per heavy atom. The summed E-state index contributed by atoms with van der Waals surface area (Å²) in [6, 6.07) is 10.2. The maximum absolute atomic E-state index is 13.4. The molecule has 2 aromatic carbocycles. The van der Waals surface area contributed by atoms with Gasteiger partial charge in [0, 0.05) is 18.7 Å². The monoisotopic (exact) mass is 355 g/mol. The van der Waals surface area contributed by atoms with Crippen molar-refractivity contribution in [2.75, 3.05) is 20.8 Å². The normalized spacial score (nSPS) is 11.5. The van der Waals surface area contributed by atoms with Gasteiger partial charge in [-0.1, -0.05) is 6.07 Å². The minimum Gasteiger partial charge on any atom is -0.497 e. The molecule has 0 aromatic heterocycles. The lowest BCUT2D eigenvalue weighted by molar-refractivity contribution is 0.169. The first kappa shape index (κ1) is 20.2. The summed E-state index contributed by atoms with van der Waals surface area (Å²) < 4.78 is 23.8. The van der Waals surface area contributed by atoms with Gasteiger partial charge in [-0.3, -0.25) is 0 Å². The number of halogens is 2. The van der Waals surface area contributed by atoms with Crippen molar-refractivity contribution in [2.24, 2.45) is 0 Å². The van der Waals surface area contributed by atoms with Crippen molar-refractivity contribution >= 4 is 12.4 Å². The van der Waals surface area contributed by atoms with E-state index in [4.69, 9.17) is 9.47 Å². The van der Waals surface area contributed by atoms with Crippen LogP contribution in [0.3, 0.4) is 0 Å². The first-order valence-electron chi connectivity index (χ1n) is 7.40. The summed E-state index contributed by atoms with van der Waals surface area (Å²) in [6.07, 6.45) is -0.755.